The number of aromatic nitrogens is 2. The summed E-state index contributed by atoms with van der Waals surface area (Å²) in [6.45, 7) is 1.69. The van der Waals surface area contributed by atoms with Crippen molar-refractivity contribution in [2.24, 2.45) is 7.05 Å². The molecule has 0 saturated heterocycles. The van der Waals surface area contributed by atoms with Crippen LogP contribution in [0.2, 0.25) is 0 Å². The molecular weight excluding hydrogens is 214 g/mol. The Morgan fingerprint density at radius 3 is 2.71 bits per heavy atom. The highest BCUT2D eigenvalue weighted by molar-refractivity contribution is 5.22. The second-order valence-electron chi connectivity index (χ2n) is 4.10. The van der Waals surface area contributed by atoms with Crippen molar-refractivity contribution in [3.8, 4) is 0 Å². The molecule has 0 spiro atoms. The third-order valence-corrected chi connectivity index (χ3v) is 2.59. The van der Waals surface area contributed by atoms with E-state index in [1.807, 2.05) is 37.6 Å². The highest BCUT2D eigenvalue weighted by atomic mass is 16.3. The van der Waals surface area contributed by atoms with Gasteiger partial charge >= 0.3 is 0 Å². The summed E-state index contributed by atoms with van der Waals surface area (Å²) in [5, 5.41) is 16.5. The molecule has 17 heavy (non-hydrogen) atoms. The summed E-state index contributed by atoms with van der Waals surface area (Å²) >= 11 is 0. The van der Waals surface area contributed by atoms with Crippen LogP contribution >= 0.6 is 0 Å². The minimum atomic E-state index is 0.0937. The molecule has 0 atom stereocenters. The molecule has 0 fully saturated rings. The molecule has 1 aromatic heterocycles. The molecule has 0 radical (unpaired) electrons. The maximum Gasteiger partial charge on any atom is 0.0681 e. The number of nitrogens with zero attached hydrogens (tertiary/aromatic N) is 2. The number of benzene rings is 1. The number of aliphatic hydroxyl groups excluding tert-OH is 1. The van der Waals surface area contributed by atoms with Crippen molar-refractivity contribution < 1.29 is 5.11 Å². The Labute approximate surface area is 101 Å². The first-order chi connectivity index (χ1) is 8.28. The van der Waals surface area contributed by atoms with Crippen molar-refractivity contribution >= 4 is 0 Å². The summed E-state index contributed by atoms with van der Waals surface area (Å²) in [7, 11) is 1.91. The maximum absolute atomic E-state index is 9.04. The maximum atomic E-state index is 9.04. The van der Waals surface area contributed by atoms with Gasteiger partial charge in [0.25, 0.3) is 0 Å². The van der Waals surface area contributed by atoms with Gasteiger partial charge in [0.1, 0.15) is 0 Å². The van der Waals surface area contributed by atoms with Gasteiger partial charge in [0.05, 0.1) is 12.8 Å². The minimum absolute atomic E-state index is 0.0937. The molecule has 1 aromatic carbocycles. The van der Waals surface area contributed by atoms with Gasteiger partial charge in [-0.3, -0.25) is 4.68 Å². The van der Waals surface area contributed by atoms with Crippen molar-refractivity contribution in [2.45, 2.75) is 19.7 Å². The predicted octanol–water partition coefficient (Wildman–Crippen LogP) is 1.20. The van der Waals surface area contributed by atoms with E-state index >= 15 is 0 Å². The predicted molar refractivity (Wildman–Crippen MR) is 66.1 cm³/mol. The molecule has 2 aromatic rings. The lowest BCUT2D eigenvalue weighted by Gasteiger charge is -2.04. The monoisotopic (exact) mass is 231 g/mol. The molecule has 4 nitrogen and oxygen atoms in total. The Morgan fingerprint density at radius 1 is 1.24 bits per heavy atom. The number of aryl methyl sites for hydroxylation is 1. The van der Waals surface area contributed by atoms with E-state index in [2.05, 4.69) is 16.5 Å². The zero-order valence-corrected chi connectivity index (χ0v) is 9.93. The molecule has 0 unspecified atom stereocenters. The van der Waals surface area contributed by atoms with Crippen LogP contribution in [-0.4, -0.2) is 14.9 Å². The van der Waals surface area contributed by atoms with Gasteiger partial charge in [0.2, 0.25) is 0 Å². The number of nitrogens with one attached hydrogen (secondary N) is 1. The Kier molecular flexibility index (Phi) is 3.90. The molecule has 2 rings (SSSR count). The third kappa shape index (κ3) is 3.41. The molecule has 0 amide bonds. The van der Waals surface area contributed by atoms with Crippen LogP contribution in [0, 0.1) is 0 Å². The van der Waals surface area contributed by atoms with Crippen LogP contribution in [0.4, 0.5) is 0 Å². The quantitative estimate of drug-likeness (QED) is 0.813. The van der Waals surface area contributed by atoms with Crippen LogP contribution in [0.1, 0.15) is 16.7 Å². The van der Waals surface area contributed by atoms with E-state index in [1.165, 1.54) is 11.1 Å². The smallest absolute Gasteiger partial charge is 0.0681 e. The Bertz CT molecular complexity index is 479. The number of aliphatic hydroxyl groups is 1. The minimum Gasteiger partial charge on any atom is -0.392 e. The second kappa shape index (κ2) is 5.61. The van der Waals surface area contributed by atoms with Crippen LogP contribution in [0.3, 0.4) is 0 Å². The molecule has 2 N–H and O–H groups in total. The van der Waals surface area contributed by atoms with Gasteiger partial charge in [-0.15, -0.1) is 0 Å². The molecule has 0 aliphatic heterocycles. The SMILES string of the molecule is Cn1cc(CNCc2cccc(CO)c2)cn1. The summed E-state index contributed by atoms with van der Waals surface area (Å²) in [5.74, 6) is 0. The largest absolute Gasteiger partial charge is 0.392 e. The number of hydrogen-bond acceptors (Lipinski definition) is 3. The molecular formula is C13H17N3O. The molecule has 0 aliphatic rings. The fourth-order valence-electron chi connectivity index (χ4n) is 1.75. The first kappa shape index (κ1) is 11.8. The fraction of sp³-hybridized carbons (Fsp3) is 0.308. The number of hydrogen-bond donors (Lipinski definition) is 2. The third-order valence-electron chi connectivity index (χ3n) is 2.59. The van der Waals surface area contributed by atoms with Crippen molar-refractivity contribution in [3.05, 3.63) is 53.3 Å². The van der Waals surface area contributed by atoms with E-state index in [0.717, 1.165) is 18.7 Å². The van der Waals surface area contributed by atoms with Crippen molar-refractivity contribution in [3.63, 3.8) is 0 Å². The fourth-order valence-corrected chi connectivity index (χ4v) is 1.75. The van der Waals surface area contributed by atoms with Crippen LogP contribution in [0.5, 0.6) is 0 Å². The van der Waals surface area contributed by atoms with E-state index in [0.29, 0.717) is 0 Å². The molecule has 0 aliphatic carbocycles. The van der Waals surface area contributed by atoms with Gasteiger partial charge in [-0.1, -0.05) is 24.3 Å². The zero-order valence-electron chi connectivity index (χ0n) is 9.93. The van der Waals surface area contributed by atoms with Crippen molar-refractivity contribution in [2.75, 3.05) is 0 Å². The Hall–Kier alpha value is -1.65. The lowest BCUT2D eigenvalue weighted by Crippen LogP contribution is -2.12. The van der Waals surface area contributed by atoms with Crippen molar-refractivity contribution in [1.29, 1.82) is 0 Å². The van der Waals surface area contributed by atoms with Gasteiger partial charge in [0.15, 0.2) is 0 Å². The van der Waals surface area contributed by atoms with Crippen LogP contribution < -0.4 is 5.32 Å². The van der Waals surface area contributed by atoms with E-state index in [1.54, 1.807) is 4.68 Å². The lowest BCUT2D eigenvalue weighted by atomic mass is 10.1. The van der Waals surface area contributed by atoms with Crippen LogP contribution in [0.15, 0.2) is 36.7 Å². The van der Waals surface area contributed by atoms with E-state index < -0.39 is 0 Å². The van der Waals surface area contributed by atoms with Gasteiger partial charge in [-0.05, 0) is 11.1 Å². The summed E-state index contributed by atoms with van der Waals surface area (Å²) in [6, 6.07) is 7.95. The summed E-state index contributed by atoms with van der Waals surface area (Å²) in [6.07, 6.45) is 3.86. The Morgan fingerprint density at radius 2 is 2.00 bits per heavy atom. The molecule has 4 heteroatoms. The van der Waals surface area contributed by atoms with Gasteiger partial charge in [0, 0.05) is 31.9 Å². The van der Waals surface area contributed by atoms with E-state index in [-0.39, 0.29) is 6.61 Å². The van der Waals surface area contributed by atoms with Gasteiger partial charge in [-0.2, -0.15) is 5.10 Å². The topological polar surface area (TPSA) is 50.1 Å². The van der Waals surface area contributed by atoms with Crippen LogP contribution in [0.25, 0.3) is 0 Å². The summed E-state index contributed by atoms with van der Waals surface area (Å²) in [5.41, 5.74) is 3.30. The summed E-state index contributed by atoms with van der Waals surface area (Å²) in [4.78, 5) is 0. The average Bonchev–Trinajstić information content (AvgIpc) is 2.75. The normalized spacial score (nSPS) is 10.7. The van der Waals surface area contributed by atoms with Crippen LogP contribution in [-0.2, 0) is 26.7 Å². The van der Waals surface area contributed by atoms with Crippen molar-refractivity contribution in [1.82, 2.24) is 15.1 Å². The number of rotatable bonds is 5. The molecule has 1 heterocycles. The summed E-state index contributed by atoms with van der Waals surface area (Å²) < 4.78 is 1.80. The Balaban J connectivity index is 1.85. The lowest BCUT2D eigenvalue weighted by molar-refractivity contribution is 0.281. The average molecular weight is 231 g/mol. The highest BCUT2D eigenvalue weighted by Crippen LogP contribution is 2.05. The van der Waals surface area contributed by atoms with Gasteiger partial charge < -0.3 is 10.4 Å². The van der Waals surface area contributed by atoms with Gasteiger partial charge in [-0.25, -0.2) is 0 Å². The second-order valence-corrected chi connectivity index (χ2v) is 4.10. The standard InChI is InChI=1S/C13H17N3O/c1-16-9-13(8-15-16)7-14-6-11-3-2-4-12(5-11)10-17/h2-5,8-9,14,17H,6-7,10H2,1H3. The first-order valence-electron chi connectivity index (χ1n) is 5.65. The zero-order chi connectivity index (χ0) is 12.1. The van der Waals surface area contributed by atoms with E-state index in [4.69, 9.17) is 5.11 Å². The molecule has 0 saturated carbocycles. The molecule has 90 valence electrons. The molecule has 0 bridgehead atoms. The highest BCUT2D eigenvalue weighted by Gasteiger charge is 1.97. The van der Waals surface area contributed by atoms with E-state index in [9.17, 15) is 0 Å². The first-order valence-corrected chi connectivity index (χ1v) is 5.65.